The van der Waals surface area contributed by atoms with E-state index in [0.717, 1.165) is 24.1 Å². The van der Waals surface area contributed by atoms with Gasteiger partial charge in [-0.25, -0.2) is 0 Å². The first kappa shape index (κ1) is 35.9. The molecule has 0 radical (unpaired) electrons. The van der Waals surface area contributed by atoms with Crippen LogP contribution in [0.5, 0.6) is 28.7 Å². The van der Waals surface area contributed by atoms with E-state index in [1.165, 1.54) is 0 Å². The molecule has 0 aliphatic carbocycles. The highest BCUT2D eigenvalue weighted by Crippen LogP contribution is 2.59. The molecule has 49 heavy (non-hydrogen) atoms. The van der Waals surface area contributed by atoms with Gasteiger partial charge in [-0.15, -0.1) is 0 Å². The van der Waals surface area contributed by atoms with Crippen molar-refractivity contribution in [2.45, 2.75) is 63.8 Å². The van der Waals surface area contributed by atoms with Gasteiger partial charge in [0.05, 0.1) is 45.0 Å². The minimum atomic E-state index is -1.14. The van der Waals surface area contributed by atoms with E-state index in [-0.39, 0.29) is 11.8 Å². The molecule has 0 aromatic heterocycles. The van der Waals surface area contributed by atoms with Crippen molar-refractivity contribution in [1.82, 2.24) is 10.2 Å². The van der Waals surface area contributed by atoms with Gasteiger partial charge in [0.1, 0.15) is 0 Å². The number of carbonyl (C=O) groups excluding carboxylic acids is 2. The van der Waals surface area contributed by atoms with Gasteiger partial charge in [-0.3, -0.25) is 9.59 Å². The van der Waals surface area contributed by atoms with Gasteiger partial charge in [-0.05, 0) is 87.9 Å². The number of nitrogens with two attached hydrogens (primary N) is 1. The highest BCUT2D eigenvalue weighted by atomic mass is 16.5. The quantitative estimate of drug-likeness (QED) is 0.223. The summed E-state index contributed by atoms with van der Waals surface area (Å²) < 4.78 is 29.4. The Balaban J connectivity index is 1.81. The Morgan fingerprint density at radius 2 is 1.51 bits per heavy atom. The van der Waals surface area contributed by atoms with Gasteiger partial charge in [0.25, 0.3) is 5.91 Å². The van der Waals surface area contributed by atoms with Crippen molar-refractivity contribution in [2.75, 3.05) is 53.7 Å². The third-order valence-electron chi connectivity index (χ3n) is 10.4. The van der Waals surface area contributed by atoms with Crippen LogP contribution < -0.4 is 34.7 Å². The summed E-state index contributed by atoms with van der Waals surface area (Å²) in [4.78, 5) is 31.5. The summed E-state index contributed by atoms with van der Waals surface area (Å²) >= 11 is 0. The third-order valence-corrected chi connectivity index (χ3v) is 10.4. The summed E-state index contributed by atoms with van der Waals surface area (Å²) in [6.45, 7) is 10.8. The van der Waals surface area contributed by atoms with Gasteiger partial charge < -0.3 is 39.6 Å². The van der Waals surface area contributed by atoms with E-state index in [2.05, 4.69) is 12.2 Å². The van der Waals surface area contributed by atoms with Crippen LogP contribution in [0.3, 0.4) is 0 Å². The van der Waals surface area contributed by atoms with Crippen LogP contribution in [0.1, 0.15) is 74.4 Å². The first-order valence-corrected chi connectivity index (χ1v) is 17.4. The number of piperidine rings is 1. The van der Waals surface area contributed by atoms with Crippen molar-refractivity contribution < 1.29 is 33.3 Å². The SMILES string of the molecule is CCOc1cc(C(=O)N2CCC(C(N)=O)(c3ccccc3)C(c3ccc(OC)c(OC)c3)C2(CC)C2CCNC2)cc(OCC)c1OCC. The van der Waals surface area contributed by atoms with E-state index in [1.54, 1.807) is 26.4 Å². The van der Waals surface area contributed by atoms with Crippen LogP contribution >= 0.6 is 0 Å². The van der Waals surface area contributed by atoms with Crippen LogP contribution in [0.2, 0.25) is 0 Å². The molecule has 2 heterocycles. The number of rotatable bonds is 14. The molecule has 4 unspecified atom stereocenters. The molecule has 2 saturated heterocycles. The molecule has 0 bridgehead atoms. The van der Waals surface area contributed by atoms with Crippen molar-refractivity contribution in [3.8, 4) is 28.7 Å². The number of ether oxygens (including phenoxy) is 5. The predicted molar refractivity (Wildman–Crippen MR) is 189 cm³/mol. The second-order valence-corrected chi connectivity index (χ2v) is 12.6. The number of carbonyl (C=O) groups is 2. The lowest BCUT2D eigenvalue weighted by Gasteiger charge is -2.61. The van der Waals surface area contributed by atoms with E-state index < -0.39 is 22.8 Å². The number of hydrogen-bond donors (Lipinski definition) is 2. The minimum absolute atomic E-state index is 0.00251. The van der Waals surface area contributed by atoms with Gasteiger partial charge in [0, 0.05) is 24.6 Å². The van der Waals surface area contributed by atoms with Crippen molar-refractivity contribution in [1.29, 1.82) is 0 Å². The lowest BCUT2D eigenvalue weighted by molar-refractivity contribution is -0.131. The molecule has 2 amide bonds. The van der Waals surface area contributed by atoms with Gasteiger partial charge in [0.15, 0.2) is 23.0 Å². The zero-order chi connectivity index (χ0) is 35.2. The van der Waals surface area contributed by atoms with Crippen LogP contribution in [0.15, 0.2) is 60.7 Å². The Morgan fingerprint density at radius 1 is 0.857 bits per heavy atom. The smallest absolute Gasteiger partial charge is 0.254 e. The maximum Gasteiger partial charge on any atom is 0.254 e. The molecule has 3 aromatic carbocycles. The third kappa shape index (κ3) is 6.27. The van der Waals surface area contributed by atoms with Gasteiger partial charge >= 0.3 is 0 Å². The number of methoxy groups -OCH3 is 2. The summed E-state index contributed by atoms with van der Waals surface area (Å²) in [5.41, 5.74) is 6.71. The molecular weight excluding hydrogens is 622 g/mol. The zero-order valence-electron chi connectivity index (χ0n) is 29.7. The van der Waals surface area contributed by atoms with Crippen molar-refractivity contribution >= 4 is 11.8 Å². The van der Waals surface area contributed by atoms with Crippen LogP contribution in [-0.2, 0) is 10.2 Å². The lowest BCUT2D eigenvalue weighted by Crippen LogP contribution is -2.70. The Bertz CT molecular complexity index is 1580. The van der Waals surface area contributed by atoms with Crippen molar-refractivity contribution in [3.63, 3.8) is 0 Å². The number of amides is 2. The van der Waals surface area contributed by atoms with E-state index in [4.69, 9.17) is 29.4 Å². The molecule has 3 aromatic rings. The number of benzene rings is 3. The molecule has 4 atom stereocenters. The van der Waals surface area contributed by atoms with Crippen molar-refractivity contribution in [2.24, 2.45) is 11.7 Å². The molecule has 0 saturated carbocycles. The van der Waals surface area contributed by atoms with E-state index >= 15 is 4.79 Å². The Hall–Kier alpha value is -4.44. The molecule has 264 valence electrons. The van der Waals surface area contributed by atoms with Crippen LogP contribution in [0.4, 0.5) is 0 Å². The molecule has 3 N–H and O–H groups in total. The number of nitrogens with one attached hydrogen (secondary N) is 1. The average Bonchev–Trinajstić information content (AvgIpc) is 3.68. The second-order valence-electron chi connectivity index (χ2n) is 12.6. The number of primary amides is 1. The molecule has 2 aliphatic rings. The van der Waals surface area contributed by atoms with Gasteiger partial charge in [-0.1, -0.05) is 43.3 Å². The molecule has 10 heteroatoms. The molecule has 10 nitrogen and oxygen atoms in total. The first-order chi connectivity index (χ1) is 23.8. The van der Waals surface area contributed by atoms with Gasteiger partial charge in [0.2, 0.25) is 11.7 Å². The summed E-state index contributed by atoms with van der Waals surface area (Å²) in [5.74, 6) is 1.37. The summed E-state index contributed by atoms with van der Waals surface area (Å²) in [6, 6.07) is 19.1. The predicted octanol–water partition coefficient (Wildman–Crippen LogP) is 5.71. The van der Waals surface area contributed by atoms with Crippen LogP contribution in [0, 0.1) is 5.92 Å². The number of nitrogens with zero attached hydrogens (tertiary/aromatic N) is 1. The maximum absolute atomic E-state index is 15.2. The largest absolute Gasteiger partial charge is 0.493 e. The van der Waals surface area contributed by atoms with Crippen molar-refractivity contribution in [3.05, 3.63) is 77.4 Å². The normalized spacial score (nSPS) is 23.5. The maximum atomic E-state index is 15.2. The zero-order valence-corrected chi connectivity index (χ0v) is 29.7. The summed E-state index contributed by atoms with van der Waals surface area (Å²) in [6.07, 6.45) is 1.72. The highest BCUT2D eigenvalue weighted by molar-refractivity contribution is 5.97. The molecule has 5 rings (SSSR count). The van der Waals surface area contributed by atoms with Crippen LogP contribution in [-0.4, -0.2) is 75.9 Å². The monoisotopic (exact) mass is 673 g/mol. The minimum Gasteiger partial charge on any atom is -0.493 e. The fourth-order valence-electron chi connectivity index (χ4n) is 8.46. The molecule has 2 fully saturated rings. The summed E-state index contributed by atoms with van der Waals surface area (Å²) in [7, 11) is 3.20. The summed E-state index contributed by atoms with van der Waals surface area (Å²) in [5, 5.41) is 3.55. The fraction of sp³-hybridized carbons (Fsp3) is 0.487. The fourth-order valence-corrected chi connectivity index (χ4v) is 8.46. The molecule has 0 spiro atoms. The molecule has 2 aliphatic heterocycles. The first-order valence-electron chi connectivity index (χ1n) is 17.4. The Morgan fingerprint density at radius 3 is 2.04 bits per heavy atom. The molecular formula is C39H51N3O7. The standard InChI is InChI=1S/C39H51N3O7/c1-7-39(29-18-20-41-25-29)35(26-16-17-30(45-5)31(22-26)46-6)38(37(40)44,28-14-12-11-13-15-28)19-21-42(39)36(43)27-23-32(47-8-2)34(49-10-4)33(24-27)48-9-3/h11-17,22-24,29,35,41H,7-10,18-21,25H2,1-6H3,(H2,40,44). The number of likely N-dealkylation sites (tertiary alicyclic amines) is 1. The van der Waals surface area contributed by atoms with E-state index in [9.17, 15) is 4.79 Å². The Kier molecular flexibility index (Phi) is 11.3. The van der Waals surface area contributed by atoms with Gasteiger partial charge in [-0.2, -0.15) is 0 Å². The highest BCUT2D eigenvalue weighted by Gasteiger charge is 2.64. The number of hydrogen-bond acceptors (Lipinski definition) is 8. The average molecular weight is 674 g/mol. The van der Waals surface area contributed by atoms with E-state index in [0.29, 0.717) is 80.1 Å². The topological polar surface area (TPSA) is 122 Å². The van der Waals surface area contributed by atoms with E-state index in [1.807, 2.05) is 74.2 Å². The van der Waals surface area contributed by atoms with Crippen LogP contribution in [0.25, 0.3) is 0 Å². The lowest BCUT2D eigenvalue weighted by atomic mass is 9.51. The Labute approximate surface area is 290 Å². The second kappa shape index (κ2) is 15.4.